The third-order valence-corrected chi connectivity index (χ3v) is 4.04. The Morgan fingerprint density at radius 1 is 1.31 bits per heavy atom. The Hall–Kier alpha value is -2.10. The van der Waals surface area contributed by atoms with Crippen LogP contribution in [0, 0.1) is 5.82 Å². The fourth-order valence-corrected chi connectivity index (χ4v) is 2.68. The van der Waals surface area contributed by atoms with E-state index in [0.717, 1.165) is 40.8 Å². The van der Waals surface area contributed by atoms with E-state index in [1.54, 1.807) is 13.1 Å². The van der Waals surface area contributed by atoms with Crippen LogP contribution < -0.4 is 10.6 Å². The molecule has 26 heavy (non-hydrogen) atoms. The van der Waals surface area contributed by atoms with Crippen molar-refractivity contribution in [1.29, 1.82) is 0 Å². The maximum Gasteiger partial charge on any atom is 0.191 e. The largest absolute Gasteiger partial charge is 0.361 e. The molecule has 0 amide bonds. The summed E-state index contributed by atoms with van der Waals surface area (Å²) in [6.45, 7) is 3.27. The van der Waals surface area contributed by atoms with Gasteiger partial charge in [0, 0.05) is 36.8 Å². The highest BCUT2D eigenvalue weighted by Gasteiger charge is 2.06. The molecule has 2 heterocycles. The first-order valence-electron chi connectivity index (χ1n) is 8.34. The normalized spacial score (nSPS) is 11.4. The molecule has 3 N–H and O–H groups in total. The molecule has 3 aromatic rings. The van der Waals surface area contributed by atoms with Crippen molar-refractivity contribution in [3.05, 3.63) is 53.3 Å². The highest BCUT2D eigenvalue weighted by atomic mass is 127. The van der Waals surface area contributed by atoms with Gasteiger partial charge in [0.1, 0.15) is 5.82 Å². The molecule has 0 saturated heterocycles. The molecule has 140 valence electrons. The Morgan fingerprint density at radius 2 is 2.15 bits per heavy atom. The van der Waals surface area contributed by atoms with Crippen LogP contribution >= 0.6 is 24.0 Å². The molecule has 2 aromatic heterocycles. The van der Waals surface area contributed by atoms with Crippen molar-refractivity contribution < 1.29 is 8.91 Å². The minimum Gasteiger partial charge on any atom is -0.361 e. The minimum absolute atomic E-state index is 0. The average Bonchev–Trinajstić information content (AvgIpc) is 3.24. The van der Waals surface area contributed by atoms with Crippen LogP contribution in [0.1, 0.15) is 23.9 Å². The molecule has 1 aromatic carbocycles. The molecule has 0 spiro atoms. The van der Waals surface area contributed by atoms with Crippen molar-refractivity contribution in [2.24, 2.45) is 4.99 Å². The Bertz CT molecular complexity index is 873. The maximum absolute atomic E-state index is 13.2. The first-order chi connectivity index (χ1) is 12.2. The summed E-state index contributed by atoms with van der Waals surface area (Å²) in [4.78, 5) is 7.30. The number of aliphatic imine (C=N–C) groups is 1. The third kappa shape index (κ3) is 4.96. The van der Waals surface area contributed by atoms with E-state index in [9.17, 15) is 4.39 Å². The Morgan fingerprint density at radius 3 is 2.88 bits per heavy atom. The summed E-state index contributed by atoms with van der Waals surface area (Å²) in [6.07, 6.45) is 3.57. The quantitative estimate of drug-likeness (QED) is 0.293. The molecular formula is C18H23FIN5O. The molecule has 0 saturated carbocycles. The SMILES string of the molecule is CCc1cc(CNC(=NC)NCCc2c[nH]c3cc(F)ccc23)on1.I. The molecule has 0 fully saturated rings. The number of guanidine groups is 1. The zero-order chi connectivity index (χ0) is 17.6. The van der Waals surface area contributed by atoms with Crippen LogP contribution in [0.25, 0.3) is 10.9 Å². The number of aromatic amines is 1. The molecule has 8 heteroatoms. The zero-order valence-corrected chi connectivity index (χ0v) is 17.1. The van der Waals surface area contributed by atoms with Crippen LogP contribution in [0.15, 0.2) is 40.0 Å². The summed E-state index contributed by atoms with van der Waals surface area (Å²) < 4.78 is 18.5. The fourth-order valence-electron chi connectivity index (χ4n) is 2.68. The molecule has 0 atom stereocenters. The first kappa shape index (κ1) is 20.2. The first-order valence-corrected chi connectivity index (χ1v) is 8.34. The van der Waals surface area contributed by atoms with Gasteiger partial charge in [-0.2, -0.15) is 0 Å². The predicted octanol–water partition coefficient (Wildman–Crippen LogP) is 3.38. The Kier molecular flexibility index (Phi) is 7.43. The summed E-state index contributed by atoms with van der Waals surface area (Å²) in [7, 11) is 1.72. The van der Waals surface area contributed by atoms with Crippen molar-refractivity contribution in [2.45, 2.75) is 26.3 Å². The minimum atomic E-state index is -0.234. The van der Waals surface area contributed by atoms with Crippen LogP contribution in [-0.4, -0.2) is 29.7 Å². The number of nitrogens with one attached hydrogen (secondary N) is 3. The molecule has 0 bridgehead atoms. The Labute approximate surface area is 168 Å². The lowest BCUT2D eigenvalue weighted by atomic mass is 10.1. The van der Waals surface area contributed by atoms with E-state index in [1.165, 1.54) is 12.1 Å². The van der Waals surface area contributed by atoms with Gasteiger partial charge in [0.05, 0.1) is 12.2 Å². The van der Waals surface area contributed by atoms with Gasteiger partial charge in [0.2, 0.25) is 0 Å². The fraction of sp³-hybridized carbons (Fsp3) is 0.333. The molecule has 0 unspecified atom stereocenters. The topological polar surface area (TPSA) is 78.2 Å². The molecule has 0 radical (unpaired) electrons. The Balaban J connectivity index is 0.00000243. The van der Waals surface area contributed by atoms with E-state index < -0.39 is 0 Å². The van der Waals surface area contributed by atoms with Gasteiger partial charge in [0.15, 0.2) is 11.7 Å². The smallest absolute Gasteiger partial charge is 0.191 e. The summed E-state index contributed by atoms with van der Waals surface area (Å²) in [5, 5.41) is 11.5. The number of halogens is 2. The summed E-state index contributed by atoms with van der Waals surface area (Å²) in [5.74, 6) is 1.24. The van der Waals surface area contributed by atoms with Gasteiger partial charge < -0.3 is 20.1 Å². The van der Waals surface area contributed by atoms with Crippen LogP contribution in [0.2, 0.25) is 0 Å². The molecule has 3 rings (SSSR count). The van der Waals surface area contributed by atoms with E-state index in [2.05, 4.69) is 25.8 Å². The number of benzene rings is 1. The van der Waals surface area contributed by atoms with E-state index in [0.29, 0.717) is 19.0 Å². The van der Waals surface area contributed by atoms with Gasteiger partial charge >= 0.3 is 0 Å². The van der Waals surface area contributed by atoms with Gasteiger partial charge in [-0.05, 0) is 36.6 Å². The number of hydrogen-bond acceptors (Lipinski definition) is 3. The molecule has 0 aliphatic carbocycles. The van der Waals surface area contributed by atoms with Crippen molar-refractivity contribution >= 4 is 40.8 Å². The molecule has 0 aliphatic rings. The molecule has 6 nitrogen and oxygen atoms in total. The van der Waals surface area contributed by atoms with Gasteiger partial charge in [0.25, 0.3) is 0 Å². The lowest BCUT2D eigenvalue weighted by Crippen LogP contribution is -2.37. The standard InChI is InChI=1S/C18H22FN5O.HI/c1-3-14-9-15(25-24-14)11-23-18(20-2)21-7-6-12-10-22-17-8-13(19)4-5-16(12)17;/h4-5,8-10,22H,3,6-7,11H2,1-2H3,(H2,20,21,23);1H. The zero-order valence-electron chi connectivity index (χ0n) is 14.8. The number of aryl methyl sites for hydroxylation is 1. The van der Waals surface area contributed by atoms with Crippen molar-refractivity contribution in [3.8, 4) is 0 Å². The molecular weight excluding hydrogens is 448 g/mol. The van der Waals surface area contributed by atoms with Gasteiger partial charge in [-0.15, -0.1) is 24.0 Å². The van der Waals surface area contributed by atoms with Crippen LogP contribution in [-0.2, 0) is 19.4 Å². The summed E-state index contributed by atoms with van der Waals surface area (Å²) >= 11 is 0. The number of nitrogens with zero attached hydrogens (tertiary/aromatic N) is 2. The van der Waals surface area contributed by atoms with Crippen molar-refractivity contribution in [2.75, 3.05) is 13.6 Å². The maximum atomic E-state index is 13.2. The van der Waals surface area contributed by atoms with E-state index in [4.69, 9.17) is 4.52 Å². The lowest BCUT2D eigenvalue weighted by Gasteiger charge is -2.10. The molecule has 0 aliphatic heterocycles. The number of rotatable bonds is 6. The second kappa shape index (κ2) is 9.56. The van der Waals surface area contributed by atoms with E-state index in [1.807, 2.05) is 19.2 Å². The summed E-state index contributed by atoms with van der Waals surface area (Å²) in [5.41, 5.74) is 2.89. The van der Waals surface area contributed by atoms with Gasteiger partial charge in [-0.3, -0.25) is 4.99 Å². The number of hydrogen-bond donors (Lipinski definition) is 3. The van der Waals surface area contributed by atoms with E-state index >= 15 is 0 Å². The van der Waals surface area contributed by atoms with Crippen LogP contribution in [0.5, 0.6) is 0 Å². The number of aromatic nitrogens is 2. The van der Waals surface area contributed by atoms with E-state index in [-0.39, 0.29) is 29.8 Å². The highest BCUT2D eigenvalue weighted by Crippen LogP contribution is 2.19. The van der Waals surface area contributed by atoms with Crippen molar-refractivity contribution in [3.63, 3.8) is 0 Å². The lowest BCUT2D eigenvalue weighted by molar-refractivity contribution is 0.374. The number of fused-ring (bicyclic) bond motifs is 1. The van der Waals surface area contributed by atoms with Gasteiger partial charge in [-0.1, -0.05) is 12.1 Å². The van der Waals surface area contributed by atoms with Gasteiger partial charge in [-0.25, -0.2) is 4.39 Å². The number of H-pyrrole nitrogens is 1. The average molecular weight is 471 g/mol. The third-order valence-electron chi connectivity index (χ3n) is 4.04. The van der Waals surface area contributed by atoms with Crippen molar-refractivity contribution in [1.82, 2.24) is 20.8 Å². The highest BCUT2D eigenvalue weighted by molar-refractivity contribution is 14.0. The van der Waals surface area contributed by atoms with Crippen LogP contribution in [0.3, 0.4) is 0 Å². The summed E-state index contributed by atoms with van der Waals surface area (Å²) in [6, 6.07) is 6.73. The second-order valence-corrected chi connectivity index (χ2v) is 5.74. The predicted molar refractivity (Wildman–Crippen MR) is 111 cm³/mol. The monoisotopic (exact) mass is 471 g/mol. The van der Waals surface area contributed by atoms with Crippen LogP contribution in [0.4, 0.5) is 4.39 Å². The second-order valence-electron chi connectivity index (χ2n) is 5.74.